The van der Waals surface area contributed by atoms with Gasteiger partial charge in [0.25, 0.3) is 0 Å². The molecule has 2 rings (SSSR count). The number of hydrogen-bond acceptors (Lipinski definition) is 3. The van der Waals surface area contributed by atoms with Gasteiger partial charge in [0.15, 0.2) is 0 Å². The summed E-state index contributed by atoms with van der Waals surface area (Å²) in [6, 6.07) is 0. The second kappa shape index (κ2) is 5.83. The lowest BCUT2D eigenvalue weighted by Crippen LogP contribution is -2.48. The van der Waals surface area contributed by atoms with Gasteiger partial charge in [0, 0.05) is 17.8 Å². The van der Waals surface area contributed by atoms with Crippen LogP contribution in [0.1, 0.15) is 51.4 Å². The van der Waals surface area contributed by atoms with Crippen LogP contribution in [0.15, 0.2) is 0 Å². The van der Waals surface area contributed by atoms with E-state index < -0.39 is 0 Å². The van der Waals surface area contributed by atoms with E-state index in [2.05, 4.69) is 11.6 Å². The Morgan fingerprint density at radius 2 is 1.72 bits per heavy atom. The molecule has 3 nitrogen and oxygen atoms in total. The molecule has 2 saturated carbocycles. The molecule has 18 heavy (non-hydrogen) atoms. The predicted octanol–water partition coefficient (Wildman–Crippen LogP) is 2.30. The van der Waals surface area contributed by atoms with Crippen LogP contribution < -0.4 is 11.1 Å². The van der Waals surface area contributed by atoms with Crippen LogP contribution in [0.25, 0.3) is 0 Å². The molecule has 0 saturated heterocycles. The molecule has 4 heteroatoms. The lowest BCUT2D eigenvalue weighted by molar-refractivity contribution is -0.130. The van der Waals surface area contributed by atoms with E-state index in [4.69, 9.17) is 5.73 Å². The predicted molar refractivity (Wildman–Crippen MR) is 77.7 cm³/mol. The van der Waals surface area contributed by atoms with E-state index in [0.717, 1.165) is 32.2 Å². The number of amides is 1. The molecule has 0 unspecified atom stereocenters. The minimum atomic E-state index is -0.252. The Morgan fingerprint density at radius 3 is 2.22 bits per heavy atom. The Morgan fingerprint density at radius 1 is 1.17 bits per heavy atom. The lowest BCUT2D eigenvalue weighted by atomic mass is 9.85. The SMILES string of the molecule is CSC1(CNC(=O)C2(CN)CCCC2)CCCC1. The third kappa shape index (κ3) is 2.69. The number of carbonyl (C=O) groups is 1. The van der Waals surface area contributed by atoms with Crippen LogP contribution in [0.2, 0.25) is 0 Å². The van der Waals surface area contributed by atoms with Crippen LogP contribution in [0.5, 0.6) is 0 Å². The van der Waals surface area contributed by atoms with Gasteiger partial charge < -0.3 is 11.1 Å². The third-order valence-electron chi connectivity index (χ3n) is 4.95. The van der Waals surface area contributed by atoms with Gasteiger partial charge in [0.2, 0.25) is 5.91 Å². The zero-order chi connectivity index (χ0) is 13.1. The van der Waals surface area contributed by atoms with Crippen molar-refractivity contribution in [3.05, 3.63) is 0 Å². The summed E-state index contributed by atoms with van der Waals surface area (Å²) < 4.78 is 0.296. The van der Waals surface area contributed by atoms with Crippen LogP contribution in [0.4, 0.5) is 0 Å². The van der Waals surface area contributed by atoms with Crippen molar-refractivity contribution in [1.29, 1.82) is 0 Å². The first kappa shape index (κ1) is 14.2. The Labute approximate surface area is 115 Å². The van der Waals surface area contributed by atoms with Crippen molar-refractivity contribution in [3.63, 3.8) is 0 Å². The second-order valence-corrected chi connectivity index (χ2v) is 7.24. The average molecular weight is 270 g/mol. The van der Waals surface area contributed by atoms with Gasteiger partial charge in [-0.25, -0.2) is 0 Å². The monoisotopic (exact) mass is 270 g/mol. The first-order valence-corrected chi connectivity index (χ1v) is 8.42. The van der Waals surface area contributed by atoms with Gasteiger partial charge in [0.1, 0.15) is 0 Å². The van der Waals surface area contributed by atoms with Crippen molar-refractivity contribution in [1.82, 2.24) is 5.32 Å². The highest BCUT2D eigenvalue weighted by Gasteiger charge is 2.41. The zero-order valence-corrected chi connectivity index (χ0v) is 12.3. The lowest BCUT2D eigenvalue weighted by Gasteiger charge is -2.31. The summed E-state index contributed by atoms with van der Waals surface area (Å²) in [7, 11) is 0. The minimum absolute atomic E-state index is 0.211. The first-order valence-electron chi connectivity index (χ1n) is 7.20. The van der Waals surface area contributed by atoms with E-state index in [1.807, 2.05) is 11.8 Å². The second-order valence-electron chi connectivity index (χ2n) is 5.97. The normalized spacial score (nSPS) is 25.2. The van der Waals surface area contributed by atoms with E-state index in [1.54, 1.807) is 0 Å². The Balaban J connectivity index is 1.91. The number of thioether (sulfide) groups is 1. The summed E-state index contributed by atoms with van der Waals surface area (Å²) in [5.41, 5.74) is 5.60. The fraction of sp³-hybridized carbons (Fsp3) is 0.929. The van der Waals surface area contributed by atoms with Crippen molar-refractivity contribution in [3.8, 4) is 0 Å². The van der Waals surface area contributed by atoms with Gasteiger partial charge >= 0.3 is 0 Å². The molecule has 3 N–H and O–H groups in total. The summed E-state index contributed by atoms with van der Waals surface area (Å²) in [5.74, 6) is 0.211. The number of nitrogens with two attached hydrogens (primary N) is 1. The van der Waals surface area contributed by atoms with Crippen LogP contribution in [0, 0.1) is 5.41 Å². The Hall–Kier alpha value is -0.220. The zero-order valence-electron chi connectivity index (χ0n) is 11.5. The van der Waals surface area contributed by atoms with Crippen LogP contribution in [-0.4, -0.2) is 30.0 Å². The summed E-state index contributed by atoms with van der Waals surface area (Å²) >= 11 is 1.92. The van der Waals surface area contributed by atoms with E-state index in [-0.39, 0.29) is 11.3 Å². The van der Waals surface area contributed by atoms with E-state index in [0.29, 0.717) is 11.3 Å². The molecule has 0 aliphatic heterocycles. The van der Waals surface area contributed by atoms with Gasteiger partial charge in [-0.2, -0.15) is 11.8 Å². The fourth-order valence-electron chi connectivity index (χ4n) is 3.48. The molecule has 0 bridgehead atoms. The van der Waals surface area contributed by atoms with Gasteiger partial charge in [-0.05, 0) is 31.9 Å². The molecule has 104 valence electrons. The van der Waals surface area contributed by atoms with Crippen molar-refractivity contribution >= 4 is 17.7 Å². The molecule has 0 aromatic rings. The summed E-state index contributed by atoms with van der Waals surface area (Å²) in [4.78, 5) is 12.4. The van der Waals surface area contributed by atoms with Crippen molar-refractivity contribution < 1.29 is 4.79 Å². The topological polar surface area (TPSA) is 55.1 Å². The molecule has 0 spiro atoms. The summed E-state index contributed by atoms with van der Waals surface area (Å²) in [6.45, 7) is 1.33. The number of carbonyl (C=O) groups excluding carboxylic acids is 1. The van der Waals surface area contributed by atoms with Gasteiger partial charge in [0.05, 0.1) is 5.41 Å². The highest BCUT2D eigenvalue weighted by Crippen LogP contribution is 2.41. The molecular formula is C14H26N2OS. The third-order valence-corrected chi connectivity index (χ3v) is 6.37. The smallest absolute Gasteiger partial charge is 0.227 e. The largest absolute Gasteiger partial charge is 0.354 e. The van der Waals surface area contributed by atoms with E-state index in [9.17, 15) is 4.79 Å². The fourth-order valence-corrected chi connectivity index (χ4v) is 4.39. The molecule has 2 aliphatic carbocycles. The van der Waals surface area contributed by atoms with Crippen LogP contribution >= 0.6 is 11.8 Å². The average Bonchev–Trinajstić information content (AvgIpc) is 3.06. The van der Waals surface area contributed by atoms with Gasteiger partial charge in [-0.3, -0.25) is 4.79 Å². The maximum atomic E-state index is 12.4. The molecule has 0 heterocycles. The minimum Gasteiger partial charge on any atom is -0.354 e. The van der Waals surface area contributed by atoms with Crippen LogP contribution in [-0.2, 0) is 4.79 Å². The molecule has 2 aliphatic rings. The highest BCUT2D eigenvalue weighted by molar-refractivity contribution is 8.00. The van der Waals surface area contributed by atoms with Gasteiger partial charge in [-0.1, -0.05) is 25.7 Å². The van der Waals surface area contributed by atoms with E-state index in [1.165, 1.54) is 25.7 Å². The molecule has 0 aromatic carbocycles. The van der Waals surface area contributed by atoms with E-state index >= 15 is 0 Å². The number of rotatable bonds is 5. The van der Waals surface area contributed by atoms with Crippen LogP contribution in [0.3, 0.4) is 0 Å². The standard InChI is InChI=1S/C14H26N2OS/c1-18-14(8-4-5-9-14)11-16-12(17)13(10-15)6-2-3-7-13/h2-11,15H2,1H3,(H,16,17). The summed E-state index contributed by atoms with van der Waals surface area (Å²) in [5, 5.41) is 3.21. The molecule has 1 amide bonds. The first-order chi connectivity index (χ1) is 8.66. The van der Waals surface area contributed by atoms with Gasteiger partial charge in [-0.15, -0.1) is 0 Å². The number of hydrogen-bond donors (Lipinski definition) is 2. The maximum Gasteiger partial charge on any atom is 0.227 e. The Kier molecular flexibility index (Phi) is 4.59. The quantitative estimate of drug-likeness (QED) is 0.806. The van der Waals surface area contributed by atoms with Crippen molar-refractivity contribution in [2.75, 3.05) is 19.3 Å². The molecule has 0 atom stereocenters. The molecule has 0 radical (unpaired) electrons. The summed E-state index contributed by atoms with van der Waals surface area (Å²) in [6.07, 6.45) is 11.5. The molecule has 2 fully saturated rings. The highest BCUT2D eigenvalue weighted by atomic mass is 32.2. The molecular weight excluding hydrogens is 244 g/mol. The molecule has 0 aromatic heterocycles. The number of nitrogens with one attached hydrogen (secondary N) is 1. The van der Waals surface area contributed by atoms with Crippen molar-refractivity contribution in [2.45, 2.75) is 56.1 Å². The Bertz CT molecular complexity index is 294. The van der Waals surface area contributed by atoms with Crippen molar-refractivity contribution in [2.24, 2.45) is 11.1 Å². The maximum absolute atomic E-state index is 12.4.